The quantitative estimate of drug-likeness (QED) is 0.587. The van der Waals surface area contributed by atoms with Gasteiger partial charge in [0, 0.05) is 10.9 Å². The Morgan fingerprint density at radius 2 is 2.00 bits per heavy atom. The van der Waals surface area contributed by atoms with E-state index in [0.29, 0.717) is 11.0 Å². The summed E-state index contributed by atoms with van der Waals surface area (Å²) >= 11 is 0. The number of hydrogen-bond donors (Lipinski definition) is 2. The highest BCUT2D eigenvalue weighted by atomic mass is 16.2. The molecule has 0 saturated carbocycles. The fourth-order valence-corrected chi connectivity index (χ4v) is 3.28. The fourth-order valence-electron chi connectivity index (χ4n) is 3.28. The van der Waals surface area contributed by atoms with Crippen molar-refractivity contribution in [1.29, 1.82) is 0 Å². The van der Waals surface area contributed by atoms with Crippen LogP contribution in [0.3, 0.4) is 0 Å². The molecule has 27 heavy (non-hydrogen) atoms. The van der Waals surface area contributed by atoms with Gasteiger partial charge in [-0.3, -0.25) is 14.2 Å². The smallest absolute Gasteiger partial charge is 0.278 e. The van der Waals surface area contributed by atoms with Crippen LogP contribution in [0.4, 0.5) is 0 Å². The van der Waals surface area contributed by atoms with Crippen LogP contribution < -0.4 is 10.9 Å². The van der Waals surface area contributed by atoms with E-state index >= 15 is 0 Å². The van der Waals surface area contributed by atoms with Crippen LogP contribution in [0.25, 0.3) is 21.9 Å². The third-order valence-corrected chi connectivity index (χ3v) is 4.72. The summed E-state index contributed by atoms with van der Waals surface area (Å²) < 4.78 is 1.33. The van der Waals surface area contributed by atoms with Gasteiger partial charge < -0.3 is 10.3 Å². The predicted molar refractivity (Wildman–Crippen MR) is 106 cm³/mol. The van der Waals surface area contributed by atoms with Crippen LogP contribution in [-0.4, -0.2) is 20.4 Å². The average molecular weight is 360 g/mol. The normalized spacial score (nSPS) is 12.4. The topological polar surface area (TPSA) is 79.8 Å². The highest BCUT2D eigenvalue weighted by Crippen LogP contribution is 2.22. The molecule has 2 N–H and O–H groups in total. The number of nitrogens with zero attached hydrogens (tertiary/aromatic N) is 2. The third kappa shape index (κ3) is 3.21. The largest absolute Gasteiger partial charge is 0.349 e. The third-order valence-electron chi connectivity index (χ3n) is 4.72. The number of H-pyrrole nitrogens is 1. The van der Waals surface area contributed by atoms with E-state index in [-0.39, 0.29) is 24.1 Å². The molecular formula is C21H20N4O2. The molecule has 0 bridgehead atoms. The Hall–Kier alpha value is -3.41. The maximum atomic E-state index is 12.8. The molecule has 1 amide bonds. The van der Waals surface area contributed by atoms with Gasteiger partial charge in [0.1, 0.15) is 17.6 Å². The Morgan fingerprint density at radius 3 is 2.78 bits per heavy atom. The van der Waals surface area contributed by atoms with Gasteiger partial charge in [0.05, 0.1) is 12.4 Å². The molecule has 0 aliphatic heterocycles. The first-order valence-corrected chi connectivity index (χ1v) is 8.85. The number of carbonyl (C=O) groups excluding carboxylic acids is 1. The lowest BCUT2D eigenvalue weighted by molar-refractivity contribution is -0.122. The Morgan fingerprint density at radius 1 is 1.22 bits per heavy atom. The zero-order valence-corrected chi connectivity index (χ0v) is 15.2. The predicted octanol–water partition coefficient (Wildman–Crippen LogP) is 3.06. The summed E-state index contributed by atoms with van der Waals surface area (Å²) in [6.07, 6.45) is 1.44. The summed E-state index contributed by atoms with van der Waals surface area (Å²) in [6, 6.07) is 15.5. The van der Waals surface area contributed by atoms with Crippen LogP contribution in [0.15, 0.2) is 59.7 Å². The Kier molecular flexibility index (Phi) is 4.24. The number of nitrogens with one attached hydrogen (secondary N) is 2. The fraction of sp³-hybridized carbons (Fsp3) is 0.190. The minimum Gasteiger partial charge on any atom is -0.349 e. The van der Waals surface area contributed by atoms with E-state index in [0.717, 1.165) is 22.0 Å². The van der Waals surface area contributed by atoms with Gasteiger partial charge in [0.2, 0.25) is 5.91 Å². The average Bonchev–Trinajstić information content (AvgIpc) is 3.03. The first-order valence-electron chi connectivity index (χ1n) is 8.85. The maximum Gasteiger partial charge on any atom is 0.278 e. The lowest BCUT2D eigenvalue weighted by Gasteiger charge is -2.14. The maximum absolute atomic E-state index is 12.8. The molecular weight excluding hydrogens is 340 g/mol. The van der Waals surface area contributed by atoms with E-state index in [1.54, 1.807) is 0 Å². The van der Waals surface area contributed by atoms with Gasteiger partial charge in [0.15, 0.2) is 0 Å². The zero-order chi connectivity index (χ0) is 19.0. The molecule has 136 valence electrons. The van der Waals surface area contributed by atoms with E-state index in [1.165, 1.54) is 10.9 Å². The van der Waals surface area contributed by atoms with Gasteiger partial charge in [-0.1, -0.05) is 42.0 Å². The number of hydrogen-bond acceptors (Lipinski definition) is 3. The van der Waals surface area contributed by atoms with Crippen molar-refractivity contribution in [3.63, 3.8) is 0 Å². The van der Waals surface area contributed by atoms with Crippen molar-refractivity contribution in [2.45, 2.75) is 26.4 Å². The molecule has 0 aliphatic carbocycles. The van der Waals surface area contributed by atoms with E-state index in [9.17, 15) is 9.59 Å². The van der Waals surface area contributed by atoms with Gasteiger partial charge >= 0.3 is 0 Å². The van der Waals surface area contributed by atoms with Crippen LogP contribution in [0.2, 0.25) is 0 Å². The zero-order valence-electron chi connectivity index (χ0n) is 15.2. The van der Waals surface area contributed by atoms with Crippen molar-refractivity contribution in [1.82, 2.24) is 19.9 Å². The molecule has 4 rings (SSSR count). The van der Waals surface area contributed by atoms with Crippen LogP contribution >= 0.6 is 0 Å². The molecule has 1 unspecified atom stereocenters. The number of rotatable bonds is 4. The molecule has 2 aromatic carbocycles. The molecule has 6 nitrogen and oxygen atoms in total. The highest BCUT2D eigenvalue weighted by molar-refractivity contribution is 6.04. The Bertz CT molecular complexity index is 1190. The van der Waals surface area contributed by atoms with E-state index < -0.39 is 0 Å². The van der Waals surface area contributed by atoms with Crippen molar-refractivity contribution >= 4 is 27.8 Å². The van der Waals surface area contributed by atoms with Gasteiger partial charge in [-0.2, -0.15) is 0 Å². The first-order chi connectivity index (χ1) is 13.0. The second kappa shape index (κ2) is 6.72. The number of benzene rings is 2. The molecule has 2 aromatic heterocycles. The lowest BCUT2D eigenvalue weighted by Crippen LogP contribution is -2.34. The molecule has 0 fully saturated rings. The number of aromatic amines is 1. The molecule has 0 aliphatic rings. The standard InChI is InChI=1S/C21H20N4O2/c1-13-8-9-17-16(10-13)19-20(24-17)21(27)25(12-22-19)11-18(26)23-14(2)15-6-4-3-5-7-15/h3-10,12,14,24H,11H2,1-2H3,(H,23,26). The Labute approximate surface area is 155 Å². The highest BCUT2D eigenvalue weighted by Gasteiger charge is 2.14. The minimum atomic E-state index is -0.253. The Balaban J connectivity index is 1.60. The monoisotopic (exact) mass is 360 g/mol. The SMILES string of the molecule is Cc1ccc2[nH]c3c(=O)n(CC(=O)NC(C)c4ccccc4)cnc3c2c1. The molecule has 4 aromatic rings. The summed E-state index contributed by atoms with van der Waals surface area (Å²) in [7, 11) is 0. The van der Waals surface area contributed by atoms with Gasteiger partial charge in [-0.25, -0.2) is 4.98 Å². The second-order valence-electron chi connectivity index (χ2n) is 6.78. The van der Waals surface area contributed by atoms with Crippen molar-refractivity contribution in [3.05, 3.63) is 76.3 Å². The van der Waals surface area contributed by atoms with Crippen LogP contribution in [0.5, 0.6) is 0 Å². The van der Waals surface area contributed by atoms with Crippen molar-refractivity contribution in [3.8, 4) is 0 Å². The lowest BCUT2D eigenvalue weighted by atomic mass is 10.1. The van der Waals surface area contributed by atoms with Crippen molar-refractivity contribution < 1.29 is 4.79 Å². The summed E-state index contributed by atoms with van der Waals surface area (Å²) in [5, 5.41) is 3.83. The van der Waals surface area contributed by atoms with Crippen LogP contribution in [0.1, 0.15) is 24.1 Å². The summed E-state index contributed by atoms with van der Waals surface area (Å²) in [4.78, 5) is 32.7. The summed E-state index contributed by atoms with van der Waals surface area (Å²) in [5.74, 6) is -0.235. The van der Waals surface area contributed by atoms with Crippen LogP contribution in [0, 0.1) is 6.92 Å². The van der Waals surface area contributed by atoms with Gasteiger partial charge in [-0.05, 0) is 31.5 Å². The molecule has 2 heterocycles. The molecule has 0 spiro atoms. The van der Waals surface area contributed by atoms with Crippen molar-refractivity contribution in [2.75, 3.05) is 0 Å². The molecule has 0 saturated heterocycles. The van der Waals surface area contributed by atoms with Crippen molar-refractivity contribution in [2.24, 2.45) is 0 Å². The second-order valence-corrected chi connectivity index (χ2v) is 6.78. The number of carbonyl (C=O) groups is 1. The summed E-state index contributed by atoms with van der Waals surface area (Å²) in [5.41, 5.74) is 3.77. The molecule has 6 heteroatoms. The first kappa shape index (κ1) is 17.0. The van der Waals surface area contributed by atoms with E-state index in [2.05, 4.69) is 15.3 Å². The van der Waals surface area contributed by atoms with Crippen LogP contribution in [-0.2, 0) is 11.3 Å². The number of amides is 1. The van der Waals surface area contributed by atoms with E-state index in [4.69, 9.17) is 0 Å². The number of aryl methyl sites for hydroxylation is 1. The number of aromatic nitrogens is 3. The number of fused-ring (bicyclic) bond motifs is 3. The minimum absolute atomic E-state index is 0.0761. The summed E-state index contributed by atoms with van der Waals surface area (Å²) in [6.45, 7) is 3.84. The molecule has 1 atom stereocenters. The van der Waals surface area contributed by atoms with E-state index in [1.807, 2.05) is 62.4 Å². The van der Waals surface area contributed by atoms with Gasteiger partial charge in [-0.15, -0.1) is 0 Å². The van der Waals surface area contributed by atoms with Gasteiger partial charge in [0.25, 0.3) is 5.56 Å². The molecule has 0 radical (unpaired) electrons.